The summed E-state index contributed by atoms with van der Waals surface area (Å²) in [5.74, 6) is -0.302. The molecule has 0 aromatic heterocycles. The predicted molar refractivity (Wildman–Crippen MR) is 122 cm³/mol. The molecule has 30 heavy (non-hydrogen) atoms. The first-order chi connectivity index (χ1) is 14.5. The third kappa shape index (κ3) is 4.15. The third-order valence-corrected chi connectivity index (χ3v) is 5.40. The van der Waals surface area contributed by atoms with Gasteiger partial charge < -0.3 is 15.5 Å². The lowest BCUT2D eigenvalue weighted by Crippen LogP contribution is -2.32. The molecule has 1 fully saturated rings. The lowest BCUT2D eigenvalue weighted by Gasteiger charge is -2.22. The molecule has 5 nitrogen and oxygen atoms in total. The fraction of sp³-hybridized carbons (Fsp3) is 0.280. The Kier molecular flexibility index (Phi) is 5.70. The first kappa shape index (κ1) is 20.0. The summed E-state index contributed by atoms with van der Waals surface area (Å²) in [4.78, 5) is 28.1. The number of carbonyl (C=O) groups excluding carboxylic acids is 2. The summed E-state index contributed by atoms with van der Waals surface area (Å²) in [5, 5.41) is 7.89. The van der Waals surface area contributed by atoms with Crippen molar-refractivity contribution in [1.82, 2.24) is 5.32 Å². The van der Waals surface area contributed by atoms with E-state index in [9.17, 15) is 9.59 Å². The van der Waals surface area contributed by atoms with Crippen LogP contribution in [-0.4, -0.2) is 30.9 Å². The zero-order chi connectivity index (χ0) is 21.1. The molecule has 0 aliphatic carbocycles. The molecule has 0 radical (unpaired) electrons. The van der Waals surface area contributed by atoms with E-state index in [0.29, 0.717) is 16.8 Å². The minimum Gasteiger partial charge on any atom is -0.371 e. The second-order valence-corrected chi connectivity index (χ2v) is 8.04. The van der Waals surface area contributed by atoms with Gasteiger partial charge in [0.05, 0.1) is 5.56 Å². The van der Waals surface area contributed by atoms with Crippen molar-refractivity contribution in [2.45, 2.75) is 32.7 Å². The zero-order valence-electron chi connectivity index (χ0n) is 17.4. The SMILES string of the molecule is CC(C)NC(=O)c1cc(NC(=O)c2cccc3ccccc23)ccc1N1CCCC1. The molecular weight excluding hydrogens is 374 g/mol. The van der Waals surface area contributed by atoms with Crippen molar-refractivity contribution in [1.29, 1.82) is 0 Å². The van der Waals surface area contributed by atoms with E-state index < -0.39 is 0 Å². The summed E-state index contributed by atoms with van der Waals surface area (Å²) in [6, 6.07) is 19.2. The van der Waals surface area contributed by atoms with E-state index >= 15 is 0 Å². The van der Waals surface area contributed by atoms with Crippen LogP contribution in [0.2, 0.25) is 0 Å². The number of nitrogens with zero attached hydrogens (tertiary/aromatic N) is 1. The predicted octanol–water partition coefficient (Wildman–Crippen LogP) is 4.83. The quantitative estimate of drug-likeness (QED) is 0.644. The minimum absolute atomic E-state index is 0.0397. The van der Waals surface area contributed by atoms with Crippen LogP contribution < -0.4 is 15.5 Å². The van der Waals surface area contributed by atoms with Crippen LogP contribution in [0, 0.1) is 0 Å². The van der Waals surface area contributed by atoms with E-state index in [1.54, 1.807) is 6.07 Å². The normalized spacial score (nSPS) is 13.6. The summed E-state index contributed by atoms with van der Waals surface area (Å²) in [6.07, 6.45) is 2.26. The Morgan fingerprint density at radius 2 is 1.60 bits per heavy atom. The molecule has 5 heteroatoms. The molecule has 1 saturated heterocycles. The van der Waals surface area contributed by atoms with Gasteiger partial charge in [-0.1, -0.05) is 36.4 Å². The van der Waals surface area contributed by atoms with Crippen molar-refractivity contribution in [3.8, 4) is 0 Å². The van der Waals surface area contributed by atoms with E-state index in [0.717, 1.165) is 42.4 Å². The number of benzene rings is 3. The lowest BCUT2D eigenvalue weighted by molar-refractivity contribution is 0.0942. The molecule has 3 aromatic rings. The van der Waals surface area contributed by atoms with Crippen LogP contribution in [0.5, 0.6) is 0 Å². The Labute approximate surface area is 177 Å². The van der Waals surface area contributed by atoms with Crippen LogP contribution in [0.4, 0.5) is 11.4 Å². The van der Waals surface area contributed by atoms with Crippen molar-refractivity contribution < 1.29 is 9.59 Å². The van der Waals surface area contributed by atoms with Crippen LogP contribution >= 0.6 is 0 Å². The monoisotopic (exact) mass is 401 g/mol. The van der Waals surface area contributed by atoms with Gasteiger partial charge in [0.2, 0.25) is 0 Å². The Morgan fingerprint density at radius 3 is 2.37 bits per heavy atom. The van der Waals surface area contributed by atoms with Gasteiger partial charge in [0, 0.05) is 36.1 Å². The minimum atomic E-state index is -0.184. The molecule has 1 heterocycles. The van der Waals surface area contributed by atoms with Crippen LogP contribution in [0.25, 0.3) is 10.8 Å². The van der Waals surface area contributed by atoms with Crippen molar-refractivity contribution >= 4 is 34.0 Å². The second-order valence-electron chi connectivity index (χ2n) is 8.04. The Hall–Kier alpha value is -3.34. The van der Waals surface area contributed by atoms with Crippen molar-refractivity contribution in [3.05, 3.63) is 71.8 Å². The van der Waals surface area contributed by atoms with E-state index in [2.05, 4.69) is 15.5 Å². The second kappa shape index (κ2) is 8.57. The van der Waals surface area contributed by atoms with Gasteiger partial charge in [-0.2, -0.15) is 0 Å². The van der Waals surface area contributed by atoms with Gasteiger partial charge in [0.25, 0.3) is 11.8 Å². The highest BCUT2D eigenvalue weighted by atomic mass is 16.2. The average Bonchev–Trinajstić information content (AvgIpc) is 3.27. The molecule has 4 rings (SSSR count). The molecule has 0 spiro atoms. The van der Waals surface area contributed by atoms with Gasteiger partial charge in [-0.25, -0.2) is 0 Å². The van der Waals surface area contributed by atoms with Crippen LogP contribution in [-0.2, 0) is 0 Å². The van der Waals surface area contributed by atoms with Gasteiger partial charge in [-0.3, -0.25) is 9.59 Å². The smallest absolute Gasteiger partial charge is 0.256 e. The number of rotatable bonds is 5. The standard InChI is InChI=1S/C25H27N3O2/c1-17(2)26-25(30)22-16-19(12-13-23(22)28-14-5-6-15-28)27-24(29)21-11-7-9-18-8-3-4-10-20(18)21/h3-4,7-13,16-17H,5-6,14-15H2,1-2H3,(H,26,30)(H,27,29). The summed E-state index contributed by atoms with van der Waals surface area (Å²) < 4.78 is 0. The molecule has 0 saturated carbocycles. The van der Waals surface area contributed by atoms with Gasteiger partial charge in [-0.05, 0) is 61.7 Å². The lowest BCUT2D eigenvalue weighted by atomic mass is 10.0. The van der Waals surface area contributed by atoms with Crippen LogP contribution in [0.3, 0.4) is 0 Å². The van der Waals surface area contributed by atoms with E-state index in [-0.39, 0.29) is 17.9 Å². The Morgan fingerprint density at radius 1 is 0.867 bits per heavy atom. The highest BCUT2D eigenvalue weighted by molar-refractivity contribution is 6.13. The van der Waals surface area contributed by atoms with Crippen LogP contribution in [0.15, 0.2) is 60.7 Å². The number of hydrogen-bond donors (Lipinski definition) is 2. The van der Waals surface area contributed by atoms with Gasteiger partial charge in [0.15, 0.2) is 0 Å². The number of hydrogen-bond acceptors (Lipinski definition) is 3. The summed E-state index contributed by atoms with van der Waals surface area (Å²) >= 11 is 0. The maximum absolute atomic E-state index is 13.0. The number of carbonyl (C=O) groups is 2. The number of amides is 2. The van der Waals surface area contributed by atoms with Crippen molar-refractivity contribution in [3.63, 3.8) is 0 Å². The zero-order valence-corrected chi connectivity index (χ0v) is 17.4. The fourth-order valence-corrected chi connectivity index (χ4v) is 3.99. The highest BCUT2D eigenvalue weighted by Gasteiger charge is 2.21. The van der Waals surface area contributed by atoms with E-state index in [1.807, 2.05) is 68.4 Å². The maximum Gasteiger partial charge on any atom is 0.256 e. The molecule has 154 valence electrons. The largest absolute Gasteiger partial charge is 0.371 e. The van der Waals surface area contributed by atoms with E-state index in [1.165, 1.54) is 0 Å². The number of anilines is 2. The maximum atomic E-state index is 13.0. The first-order valence-electron chi connectivity index (χ1n) is 10.5. The van der Waals surface area contributed by atoms with Crippen LogP contribution in [0.1, 0.15) is 47.4 Å². The third-order valence-electron chi connectivity index (χ3n) is 5.40. The van der Waals surface area contributed by atoms with Gasteiger partial charge in [0.1, 0.15) is 0 Å². The molecule has 0 unspecified atom stereocenters. The Bertz CT molecular complexity index is 1080. The van der Waals surface area contributed by atoms with Gasteiger partial charge in [-0.15, -0.1) is 0 Å². The summed E-state index contributed by atoms with van der Waals surface area (Å²) in [7, 11) is 0. The molecule has 2 amide bonds. The highest BCUT2D eigenvalue weighted by Crippen LogP contribution is 2.28. The van der Waals surface area contributed by atoms with Gasteiger partial charge >= 0.3 is 0 Å². The molecule has 2 N–H and O–H groups in total. The molecular formula is C25H27N3O2. The molecule has 0 bridgehead atoms. The summed E-state index contributed by atoms with van der Waals surface area (Å²) in [6.45, 7) is 5.78. The molecule has 0 atom stereocenters. The fourth-order valence-electron chi connectivity index (χ4n) is 3.99. The first-order valence-corrected chi connectivity index (χ1v) is 10.5. The molecule has 1 aliphatic heterocycles. The molecule has 1 aliphatic rings. The Balaban J connectivity index is 1.65. The molecule has 3 aromatic carbocycles. The number of fused-ring (bicyclic) bond motifs is 1. The average molecular weight is 402 g/mol. The van der Waals surface area contributed by atoms with Crippen molar-refractivity contribution in [2.24, 2.45) is 0 Å². The topological polar surface area (TPSA) is 61.4 Å². The summed E-state index contributed by atoms with van der Waals surface area (Å²) in [5.41, 5.74) is 2.75. The number of nitrogens with one attached hydrogen (secondary N) is 2. The van der Waals surface area contributed by atoms with E-state index in [4.69, 9.17) is 0 Å². The van der Waals surface area contributed by atoms with Crippen molar-refractivity contribution in [2.75, 3.05) is 23.3 Å².